The minimum Gasteiger partial charge on any atom is -0.497 e. The lowest BCUT2D eigenvalue weighted by molar-refractivity contribution is -0.122. The van der Waals surface area contributed by atoms with Gasteiger partial charge in [0.05, 0.1) is 7.11 Å². The number of ether oxygens (including phenoxy) is 2. The van der Waals surface area contributed by atoms with E-state index in [1.54, 1.807) is 43.1 Å². The fourth-order valence-corrected chi connectivity index (χ4v) is 3.57. The Morgan fingerprint density at radius 3 is 2.36 bits per heavy atom. The van der Waals surface area contributed by atoms with Crippen LogP contribution in [0.4, 0.5) is 0 Å². The smallest absolute Gasteiger partial charge is 0.257 e. The summed E-state index contributed by atoms with van der Waals surface area (Å²) in [6.07, 6.45) is 0. The standard InChI is InChI=1S/C18H19Cl2NO3S/c1-23-13-5-7-14(8-6-13)24-11-18(22)21-9-10-25-12-15-16(19)3-2-4-17(15)20/h2-8H,9-12H2,1H3,(H,21,22). The molecule has 0 saturated heterocycles. The van der Waals surface area contributed by atoms with Crippen LogP contribution in [-0.4, -0.2) is 31.9 Å². The minimum atomic E-state index is -0.160. The largest absolute Gasteiger partial charge is 0.497 e. The Morgan fingerprint density at radius 2 is 1.72 bits per heavy atom. The topological polar surface area (TPSA) is 47.6 Å². The summed E-state index contributed by atoms with van der Waals surface area (Å²) in [4.78, 5) is 11.8. The lowest BCUT2D eigenvalue weighted by Gasteiger charge is -2.09. The normalized spacial score (nSPS) is 10.4. The van der Waals surface area contributed by atoms with E-state index in [1.165, 1.54) is 0 Å². The average molecular weight is 400 g/mol. The highest BCUT2D eigenvalue weighted by Gasteiger charge is 2.06. The van der Waals surface area contributed by atoms with Crippen molar-refractivity contribution < 1.29 is 14.3 Å². The first-order chi connectivity index (χ1) is 12.1. The molecule has 0 heterocycles. The molecule has 25 heavy (non-hydrogen) atoms. The number of benzene rings is 2. The molecule has 134 valence electrons. The molecule has 0 fully saturated rings. The molecule has 0 aromatic heterocycles. The molecular weight excluding hydrogens is 381 g/mol. The van der Waals surface area contributed by atoms with Crippen molar-refractivity contribution in [2.75, 3.05) is 26.0 Å². The fraction of sp³-hybridized carbons (Fsp3) is 0.278. The van der Waals surface area contributed by atoms with Gasteiger partial charge in [0.15, 0.2) is 6.61 Å². The van der Waals surface area contributed by atoms with Crippen LogP contribution in [0.25, 0.3) is 0 Å². The van der Waals surface area contributed by atoms with E-state index in [-0.39, 0.29) is 12.5 Å². The quantitative estimate of drug-likeness (QED) is 0.633. The summed E-state index contributed by atoms with van der Waals surface area (Å²) in [5.41, 5.74) is 0.921. The summed E-state index contributed by atoms with van der Waals surface area (Å²) < 4.78 is 10.5. The van der Waals surface area contributed by atoms with Crippen LogP contribution in [-0.2, 0) is 10.5 Å². The maximum Gasteiger partial charge on any atom is 0.257 e. The van der Waals surface area contributed by atoms with Gasteiger partial charge in [0, 0.05) is 28.1 Å². The number of carbonyl (C=O) groups is 1. The Hall–Kier alpha value is -1.56. The monoisotopic (exact) mass is 399 g/mol. The Kier molecular flexibility index (Phi) is 8.25. The molecule has 2 rings (SSSR count). The predicted octanol–water partition coefficient (Wildman–Crippen LogP) is 4.43. The van der Waals surface area contributed by atoms with Gasteiger partial charge >= 0.3 is 0 Å². The molecule has 0 aliphatic rings. The summed E-state index contributed by atoms with van der Waals surface area (Å²) in [6.45, 7) is 0.533. The van der Waals surface area contributed by atoms with Gasteiger partial charge in [0.1, 0.15) is 11.5 Å². The van der Waals surface area contributed by atoms with Gasteiger partial charge in [-0.05, 0) is 42.0 Å². The number of hydrogen-bond donors (Lipinski definition) is 1. The number of methoxy groups -OCH3 is 1. The molecule has 2 aromatic carbocycles. The van der Waals surface area contributed by atoms with Gasteiger partial charge in [-0.15, -0.1) is 0 Å². The second-order valence-electron chi connectivity index (χ2n) is 5.07. The van der Waals surface area contributed by atoms with Gasteiger partial charge in [-0.1, -0.05) is 29.3 Å². The number of amides is 1. The van der Waals surface area contributed by atoms with Crippen LogP contribution < -0.4 is 14.8 Å². The van der Waals surface area contributed by atoms with E-state index >= 15 is 0 Å². The Morgan fingerprint density at radius 1 is 1.08 bits per heavy atom. The van der Waals surface area contributed by atoms with Gasteiger partial charge in [-0.25, -0.2) is 0 Å². The zero-order chi connectivity index (χ0) is 18.1. The van der Waals surface area contributed by atoms with Crippen molar-refractivity contribution in [2.45, 2.75) is 5.75 Å². The third-order valence-corrected chi connectivity index (χ3v) is 5.00. The highest BCUT2D eigenvalue weighted by molar-refractivity contribution is 7.98. The molecule has 0 spiro atoms. The summed E-state index contributed by atoms with van der Waals surface area (Å²) in [5.74, 6) is 2.67. The summed E-state index contributed by atoms with van der Waals surface area (Å²) >= 11 is 13.9. The van der Waals surface area contributed by atoms with Crippen LogP contribution >= 0.6 is 35.0 Å². The maximum atomic E-state index is 11.8. The van der Waals surface area contributed by atoms with Crippen molar-refractivity contribution in [1.29, 1.82) is 0 Å². The molecule has 1 amide bonds. The van der Waals surface area contributed by atoms with Crippen LogP contribution in [0.3, 0.4) is 0 Å². The second-order valence-corrected chi connectivity index (χ2v) is 6.99. The molecule has 2 aromatic rings. The molecule has 1 N–H and O–H groups in total. The zero-order valence-corrected chi connectivity index (χ0v) is 16.1. The van der Waals surface area contributed by atoms with E-state index in [4.69, 9.17) is 32.7 Å². The fourth-order valence-electron chi connectivity index (χ4n) is 1.98. The molecule has 7 heteroatoms. The van der Waals surface area contributed by atoms with Crippen LogP contribution in [0.15, 0.2) is 42.5 Å². The van der Waals surface area contributed by atoms with Crippen molar-refractivity contribution in [3.63, 3.8) is 0 Å². The first kappa shape index (κ1) is 19.8. The lowest BCUT2D eigenvalue weighted by Crippen LogP contribution is -2.30. The summed E-state index contributed by atoms with van der Waals surface area (Å²) in [6, 6.07) is 12.5. The Balaban J connectivity index is 1.62. The van der Waals surface area contributed by atoms with Crippen molar-refractivity contribution >= 4 is 40.9 Å². The summed E-state index contributed by atoms with van der Waals surface area (Å²) in [5, 5.41) is 4.14. The van der Waals surface area contributed by atoms with Crippen LogP contribution in [0.2, 0.25) is 10.0 Å². The first-order valence-corrected chi connectivity index (χ1v) is 9.55. The second kappa shape index (κ2) is 10.4. The highest BCUT2D eigenvalue weighted by atomic mass is 35.5. The molecular formula is C18H19Cl2NO3S. The molecule has 4 nitrogen and oxygen atoms in total. The van der Waals surface area contributed by atoms with Gasteiger partial charge < -0.3 is 14.8 Å². The van der Waals surface area contributed by atoms with Crippen molar-refractivity contribution in [3.8, 4) is 11.5 Å². The Bertz CT molecular complexity index is 675. The third kappa shape index (κ3) is 6.69. The van der Waals surface area contributed by atoms with E-state index in [0.29, 0.717) is 28.1 Å². The number of rotatable bonds is 9. The highest BCUT2D eigenvalue weighted by Crippen LogP contribution is 2.27. The number of thioether (sulfide) groups is 1. The summed E-state index contributed by atoms with van der Waals surface area (Å²) in [7, 11) is 1.60. The van der Waals surface area contributed by atoms with E-state index < -0.39 is 0 Å². The van der Waals surface area contributed by atoms with E-state index in [2.05, 4.69) is 5.32 Å². The molecule has 0 aliphatic carbocycles. The van der Waals surface area contributed by atoms with Crippen molar-refractivity contribution in [1.82, 2.24) is 5.32 Å². The minimum absolute atomic E-state index is 0.0205. The molecule has 0 saturated carbocycles. The van der Waals surface area contributed by atoms with E-state index in [1.807, 2.05) is 18.2 Å². The van der Waals surface area contributed by atoms with Crippen LogP contribution in [0.5, 0.6) is 11.5 Å². The van der Waals surface area contributed by atoms with Crippen LogP contribution in [0.1, 0.15) is 5.56 Å². The number of halogens is 2. The van der Waals surface area contributed by atoms with Crippen LogP contribution in [0, 0.1) is 0 Å². The SMILES string of the molecule is COc1ccc(OCC(=O)NCCSCc2c(Cl)cccc2Cl)cc1. The van der Waals surface area contributed by atoms with Gasteiger partial charge in [0.25, 0.3) is 5.91 Å². The molecule has 0 atom stereocenters. The first-order valence-electron chi connectivity index (χ1n) is 7.64. The number of hydrogen-bond acceptors (Lipinski definition) is 4. The zero-order valence-electron chi connectivity index (χ0n) is 13.8. The predicted molar refractivity (Wildman–Crippen MR) is 104 cm³/mol. The molecule has 0 bridgehead atoms. The number of nitrogens with one attached hydrogen (secondary N) is 1. The van der Waals surface area contributed by atoms with Crippen molar-refractivity contribution in [3.05, 3.63) is 58.1 Å². The van der Waals surface area contributed by atoms with Gasteiger partial charge in [-0.3, -0.25) is 4.79 Å². The van der Waals surface area contributed by atoms with Gasteiger partial charge in [-0.2, -0.15) is 11.8 Å². The third-order valence-electron chi connectivity index (χ3n) is 3.31. The maximum absolute atomic E-state index is 11.8. The molecule has 0 unspecified atom stereocenters. The van der Waals surface area contributed by atoms with E-state index in [0.717, 1.165) is 17.1 Å². The number of carbonyl (C=O) groups excluding carboxylic acids is 1. The molecule has 0 radical (unpaired) electrons. The Labute approximate surface area is 161 Å². The van der Waals surface area contributed by atoms with E-state index in [9.17, 15) is 4.79 Å². The van der Waals surface area contributed by atoms with Gasteiger partial charge in [0.2, 0.25) is 0 Å². The van der Waals surface area contributed by atoms with Crippen molar-refractivity contribution in [2.24, 2.45) is 0 Å². The lowest BCUT2D eigenvalue weighted by atomic mass is 10.2. The molecule has 0 aliphatic heterocycles. The average Bonchev–Trinajstić information content (AvgIpc) is 2.62.